The van der Waals surface area contributed by atoms with Gasteiger partial charge >= 0.3 is 0 Å². The highest BCUT2D eigenvalue weighted by atomic mass is 16.3. The number of aliphatic hydroxyl groups is 2. The Kier molecular flexibility index (Phi) is 3.28. The standard InChI is InChI=1S/C11H13N3O2/c15-5-4-14-11(6-10(8-16)13-14)9-2-1-3-12-7-9/h1-3,6-7,15-16H,4-5,8H2. The van der Waals surface area contributed by atoms with Crippen molar-refractivity contribution in [2.45, 2.75) is 13.2 Å². The minimum atomic E-state index is -0.105. The monoisotopic (exact) mass is 219 g/mol. The first kappa shape index (κ1) is 10.8. The zero-order chi connectivity index (χ0) is 11.4. The van der Waals surface area contributed by atoms with Crippen LogP contribution in [0.3, 0.4) is 0 Å². The molecule has 0 bridgehead atoms. The maximum atomic E-state index is 9.04. The molecule has 2 heterocycles. The summed E-state index contributed by atoms with van der Waals surface area (Å²) in [5.41, 5.74) is 2.36. The van der Waals surface area contributed by atoms with E-state index in [4.69, 9.17) is 10.2 Å². The van der Waals surface area contributed by atoms with Crippen LogP contribution in [-0.2, 0) is 13.2 Å². The van der Waals surface area contributed by atoms with E-state index < -0.39 is 0 Å². The Balaban J connectivity index is 2.42. The Hall–Kier alpha value is -1.72. The van der Waals surface area contributed by atoms with Crippen molar-refractivity contribution < 1.29 is 10.2 Å². The molecule has 0 saturated carbocycles. The third-order valence-electron chi connectivity index (χ3n) is 2.26. The molecule has 2 aromatic rings. The fraction of sp³-hybridized carbons (Fsp3) is 0.273. The van der Waals surface area contributed by atoms with Gasteiger partial charge in [-0.3, -0.25) is 9.67 Å². The highest BCUT2D eigenvalue weighted by Gasteiger charge is 2.08. The van der Waals surface area contributed by atoms with Crippen molar-refractivity contribution in [3.8, 4) is 11.3 Å². The van der Waals surface area contributed by atoms with Crippen molar-refractivity contribution in [3.63, 3.8) is 0 Å². The minimum absolute atomic E-state index is 0.0137. The van der Waals surface area contributed by atoms with Gasteiger partial charge in [0, 0.05) is 18.0 Å². The van der Waals surface area contributed by atoms with Gasteiger partial charge in [-0.1, -0.05) is 0 Å². The molecule has 0 unspecified atom stereocenters. The van der Waals surface area contributed by atoms with Crippen molar-refractivity contribution in [1.82, 2.24) is 14.8 Å². The van der Waals surface area contributed by atoms with Crippen molar-refractivity contribution in [2.75, 3.05) is 6.61 Å². The number of aromatic nitrogens is 3. The van der Waals surface area contributed by atoms with Gasteiger partial charge in [0.15, 0.2) is 0 Å². The van der Waals surface area contributed by atoms with Gasteiger partial charge in [0.05, 0.1) is 31.1 Å². The second-order valence-electron chi connectivity index (χ2n) is 3.37. The smallest absolute Gasteiger partial charge is 0.0885 e. The van der Waals surface area contributed by atoms with Crippen LogP contribution in [0.2, 0.25) is 0 Å². The summed E-state index contributed by atoms with van der Waals surface area (Å²) in [5.74, 6) is 0. The van der Waals surface area contributed by atoms with Gasteiger partial charge in [-0.2, -0.15) is 5.10 Å². The van der Waals surface area contributed by atoms with E-state index in [1.54, 1.807) is 23.1 Å². The number of nitrogens with zero attached hydrogens (tertiary/aromatic N) is 3. The molecule has 84 valence electrons. The average Bonchev–Trinajstić information content (AvgIpc) is 2.74. The van der Waals surface area contributed by atoms with E-state index >= 15 is 0 Å². The molecule has 0 saturated heterocycles. The SMILES string of the molecule is OCCn1nc(CO)cc1-c1cccnc1. The van der Waals surface area contributed by atoms with Gasteiger partial charge in [-0.05, 0) is 18.2 Å². The Morgan fingerprint density at radius 1 is 1.31 bits per heavy atom. The Bertz CT molecular complexity index is 454. The van der Waals surface area contributed by atoms with E-state index in [1.807, 2.05) is 12.1 Å². The van der Waals surface area contributed by atoms with Gasteiger partial charge in [0.25, 0.3) is 0 Å². The second-order valence-corrected chi connectivity index (χ2v) is 3.37. The highest BCUT2D eigenvalue weighted by molar-refractivity contribution is 5.58. The van der Waals surface area contributed by atoms with Gasteiger partial charge in [0.1, 0.15) is 0 Å². The summed E-state index contributed by atoms with van der Waals surface area (Å²) in [6.07, 6.45) is 3.43. The number of rotatable bonds is 4. The van der Waals surface area contributed by atoms with Crippen LogP contribution in [0.1, 0.15) is 5.69 Å². The Morgan fingerprint density at radius 2 is 2.19 bits per heavy atom. The average molecular weight is 219 g/mol. The number of hydrogen-bond donors (Lipinski definition) is 2. The van der Waals surface area contributed by atoms with Crippen LogP contribution >= 0.6 is 0 Å². The molecule has 2 N–H and O–H groups in total. The molecule has 2 rings (SSSR count). The molecule has 0 atom stereocenters. The third-order valence-corrected chi connectivity index (χ3v) is 2.26. The Morgan fingerprint density at radius 3 is 2.81 bits per heavy atom. The van der Waals surface area contributed by atoms with Gasteiger partial charge in [-0.15, -0.1) is 0 Å². The largest absolute Gasteiger partial charge is 0.394 e. The maximum absolute atomic E-state index is 9.04. The van der Waals surface area contributed by atoms with Crippen molar-refractivity contribution in [1.29, 1.82) is 0 Å². The molecular formula is C11H13N3O2. The van der Waals surface area contributed by atoms with Crippen molar-refractivity contribution >= 4 is 0 Å². The first-order chi connectivity index (χ1) is 7.85. The summed E-state index contributed by atoms with van der Waals surface area (Å²) in [6, 6.07) is 5.55. The van der Waals surface area contributed by atoms with Crippen LogP contribution in [0.4, 0.5) is 0 Å². The fourth-order valence-corrected chi connectivity index (χ4v) is 1.56. The summed E-state index contributed by atoms with van der Waals surface area (Å²) in [6.45, 7) is 0.315. The first-order valence-corrected chi connectivity index (χ1v) is 5.04. The van der Waals surface area contributed by atoms with Crippen molar-refractivity contribution in [2.24, 2.45) is 0 Å². The van der Waals surface area contributed by atoms with Crippen LogP contribution in [0.15, 0.2) is 30.6 Å². The molecule has 2 aromatic heterocycles. The lowest BCUT2D eigenvalue weighted by atomic mass is 10.2. The third kappa shape index (κ3) is 2.10. The molecular weight excluding hydrogens is 206 g/mol. The molecule has 0 spiro atoms. The second kappa shape index (κ2) is 4.87. The van der Waals surface area contributed by atoms with Gasteiger partial charge in [0.2, 0.25) is 0 Å². The molecule has 0 aliphatic carbocycles. The summed E-state index contributed by atoms with van der Waals surface area (Å²) >= 11 is 0. The van der Waals surface area contributed by atoms with E-state index in [-0.39, 0.29) is 13.2 Å². The molecule has 16 heavy (non-hydrogen) atoms. The van der Waals surface area contributed by atoms with Crippen LogP contribution in [0.25, 0.3) is 11.3 Å². The summed E-state index contributed by atoms with van der Waals surface area (Å²) in [4.78, 5) is 4.03. The van der Waals surface area contributed by atoms with Gasteiger partial charge in [-0.25, -0.2) is 0 Å². The predicted octanol–water partition coefficient (Wildman–Crippen LogP) is 0.430. The summed E-state index contributed by atoms with van der Waals surface area (Å²) in [7, 11) is 0. The topological polar surface area (TPSA) is 71.2 Å². The maximum Gasteiger partial charge on any atom is 0.0885 e. The molecule has 0 fully saturated rings. The highest BCUT2D eigenvalue weighted by Crippen LogP contribution is 2.19. The minimum Gasteiger partial charge on any atom is -0.394 e. The van der Waals surface area contributed by atoms with Crippen LogP contribution < -0.4 is 0 Å². The van der Waals surface area contributed by atoms with Crippen LogP contribution in [-0.4, -0.2) is 31.6 Å². The molecule has 0 aliphatic heterocycles. The first-order valence-electron chi connectivity index (χ1n) is 5.04. The predicted molar refractivity (Wildman–Crippen MR) is 58.5 cm³/mol. The quantitative estimate of drug-likeness (QED) is 0.782. The number of aliphatic hydroxyl groups excluding tert-OH is 2. The van der Waals surface area contributed by atoms with Gasteiger partial charge < -0.3 is 10.2 Å². The number of pyridine rings is 1. The van der Waals surface area contributed by atoms with E-state index in [1.165, 1.54) is 0 Å². The molecule has 0 radical (unpaired) electrons. The Labute approximate surface area is 93.0 Å². The normalized spacial score (nSPS) is 10.6. The molecule has 0 aliphatic rings. The number of hydrogen-bond acceptors (Lipinski definition) is 4. The molecule has 5 heteroatoms. The zero-order valence-corrected chi connectivity index (χ0v) is 8.74. The summed E-state index contributed by atoms with van der Waals surface area (Å²) < 4.78 is 1.67. The van der Waals surface area contributed by atoms with E-state index in [0.29, 0.717) is 12.2 Å². The summed E-state index contributed by atoms with van der Waals surface area (Å²) in [5, 5.41) is 22.1. The van der Waals surface area contributed by atoms with E-state index in [0.717, 1.165) is 11.3 Å². The molecule has 5 nitrogen and oxygen atoms in total. The lowest BCUT2D eigenvalue weighted by Crippen LogP contribution is -2.06. The van der Waals surface area contributed by atoms with Crippen LogP contribution in [0.5, 0.6) is 0 Å². The molecule has 0 aromatic carbocycles. The fourth-order valence-electron chi connectivity index (χ4n) is 1.56. The molecule has 0 amide bonds. The van der Waals surface area contributed by atoms with Crippen molar-refractivity contribution in [3.05, 3.63) is 36.3 Å². The lowest BCUT2D eigenvalue weighted by Gasteiger charge is -2.04. The zero-order valence-electron chi connectivity index (χ0n) is 8.74. The lowest BCUT2D eigenvalue weighted by molar-refractivity contribution is 0.261. The van der Waals surface area contributed by atoms with E-state index in [9.17, 15) is 0 Å². The van der Waals surface area contributed by atoms with Crippen LogP contribution in [0, 0.1) is 0 Å². The van der Waals surface area contributed by atoms with E-state index in [2.05, 4.69) is 10.1 Å².